The van der Waals surface area contributed by atoms with Gasteiger partial charge in [-0.25, -0.2) is 0 Å². The normalized spacial score (nSPS) is 10.7. The summed E-state index contributed by atoms with van der Waals surface area (Å²) in [6.45, 7) is 8.80. The summed E-state index contributed by atoms with van der Waals surface area (Å²) < 4.78 is 5.82. The Morgan fingerprint density at radius 1 is 0.857 bits per heavy atom. The molecule has 0 aliphatic rings. The van der Waals surface area contributed by atoms with Crippen molar-refractivity contribution < 1.29 is 9.53 Å². The Balaban J connectivity index is 0.00000280. The van der Waals surface area contributed by atoms with Crippen LogP contribution in [0.15, 0.2) is 60.7 Å². The van der Waals surface area contributed by atoms with Crippen LogP contribution in [-0.4, -0.2) is 24.4 Å². The second-order valence-electron chi connectivity index (χ2n) is 6.89. The third-order valence-electron chi connectivity index (χ3n) is 4.94. The van der Waals surface area contributed by atoms with Crippen LogP contribution in [0, 0.1) is 27.7 Å². The SMILES string of the molecule is Cc1cc(C)c(C(=O)Pc2ccc(OCc3ccccc3)cc2)c(C)c1C.[LiH]. The molecule has 0 N–H and O–H groups in total. The van der Waals surface area contributed by atoms with Gasteiger partial charge in [0.05, 0.1) is 0 Å². The minimum atomic E-state index is 0. The topological polar surface area (TPSA) is 26.3 Å². The first-order valence-electron chi connectivity index (χ1n) is 9.11. The van der Waals surface area contributed by atoms with Crippen LogP contribution in [-0.2, 0) is 6.61 Å². The van der Waals surface area contributed by atoms with Crippen LogP contribution < -0.4 is 10.0 Å². The van der Waals surface area contributed by atoms with Crippen molar-refractivity contribution in [1.29, 1.82) is 0 Å². The average Bonchev–Trinajstić information content (AvgIpc) is 2.66. The van der Waals surface area contributed by atoms with Crippen LogP contribution in [0.1, 0.15) is 38.2 Å². The summed E-state index contributed by atoms with van der Waals surface area (Å²) in [6.07, 6.45) is 0. The zero-order valence-corrected chi connectivity index (χ0v) is 17.3. The fourth-order valence-electron chi connectivity index (χ4n) is 3.20. The van der Waals surface area contributed by atoms with Gasteiger partial charge in [-0.1, -0.05) is 48.5 Å². The predicted molar refractivity (Wildman–Crippen MR) is 122 cm³/mol. The Morgan fingerprint density at radius 2 is 1.50 bits per heavy atom. The maximum absolute atomic E-state index is 12.9. The number of hydrogen-bond donors (Lipinski definition) is 0. The number of ether oxygens (including phenoxy) is 1. The Morgan fingerprint density at radius 3 is 2.14 bits per heavy atom. The van der Waals surface area contributed by atoms with Crippen molar-refractivity contribution in [3.05, 3.63) is 94.0 Å². The van der Waals surface area contributed by atoms with Gasteiger partial charge in [-0.05, 0) is 81.5 Å². The van der Waals surface area contributed by atoms with Gasteiger partial charge in [0.1, 0.15) is 12.4 Å². The van der Waals surface area contributed by atoms with E-state index in [4.69, 9.17) is 4.74 Å². The molecule has 0 aliphatic heterocycles. The van der Waals surface area contributed by atoms with E-state index in [2.05, 4.69) is 19.9 Å². The number of aryl methyl sites for hydroxylation is 2. The van der Waals surface area contributed by atoms with Gasteiger partial charge in [-0.3, -0.25) is 4.79 Å². The van der Waals surface area contributed by atoms with E-state index in [0.717, 1.165) is 33.3 Å². The standard InChI is InChI=1S/C24H25O2P.Li.H/c1-16-14-17(2)23(19(4)18(16)3)24(25)27-22-12-10-21(11-13-22)26-15-20-8-6-5-7-9-20;;/h5-14,27H,15H2,1-4H3;;. The van der Waals surface area contributed by atoms with E-state index in [1.165, 1.54) is 11.1 Å². The maximum atomic E-state index is 12.9. The molecule has 0 amide bonds. The first kappa shape index (κ1) is 22.4. The van der Waals surface area contributed by atoms with Crippen LogP contribution in [0.4, 0.5) is 0 Å². The van der Waals surface area contributed by atoms with Gasteiger partial charge in [0.2, 0.25) is 0 Å². The number of carbonyl (C=O) groups excluding carboxylic acids is 1. The number of carbonyl (C=O) groups is 1. The molecule has 0 spiro atoms. The van der Waals surface area contributed by atoms with Gasteiger partial charge >= 0.3 is 18.9 Å². The first-order chi connectivity index (χ1) is 13.0. The van der Waals surface area contributed by atoms with Crippen molar-refractivity contribution >= 4 is 38.3 Å². The summed E-state index contributed by atoms with van der Waals surface area (Å²) >= 11 is 0. The van der Waals surface area contributed by atoms with Crippen LogP contribution >= 0.6 is 8.58 Å². The molecular formula is C24H26LiO2P. The monoisotopic (exact) mass is 384 g/mol. The van der Waals surface area contributed by atoms with Crippen molar-refractivity contribution in [2.45, 2.75) is 34.3 Å². The molecular weight excluding hydrogens is 358 g/mol. The average molecular weight is 384 g/mol. The summed E-state index contributed by atoms with van der Waals surface area (Å²) in [5.41, 5.74) is 6.83. The van der Waals surface area contributed by atoms with Gasteiger partial charge in [-0.15, -0.1) is 0 Å². The second kappa shape index (κ2) is 10.1. The Hall–Kier alpha value is -1.84. The van der Waals surface area contributed by atoms with Crippen molar-refractivity contribution in [3.8, 4) is 5.75 Å². The zero-order valence-electron chi connectivity index (χ0n) is 16.3. The van der Waals surface area contributed by atoms with Crippen LogP contribution in [0.5, 0.6) is 5.75 Å². The fourth-order valence-corrected chi connectivity index (χ4v) is 4.31. The van der Waals surface area contributed by atoms with Gasteiger partial charge in [-0.2, -0.15) is 0 Å². The van der Waals surface area contributed by atoms with Crippen LogP contribution in [0.2, 0.25) is 0 Å². The van der Waals surface area contributed by atoms with Gasteiger partial charge in [0.25, 0.3) is 0 Å². The van der Waals surface area contributed by atoms with E-state index in [1.807, 2.05) is 68.4 Å². The summed E-state index contributed by atoms with van der Waals surface area (Å²) in [6, 6.07) is 20.1. The molecule has 3 aromatic rings. The summed E-state index contributed by atoms with van der Waals surface area (Å²) in [5, 5.41) is 1.03. The van der Waals surface area contributed by atoms with Gasteiger partial charge in [0, 0.05) is 5.56 Å². The second-order valence-corrected chi connectivity index (χ2v) is 8.17. The summed E-state index contributed by atoms with van der Waals surface area (Å²) in [4.78, 5) is 12.9. The minimum absolute atomic E-state index is 0. The summed E-state index contributed by atoms with van der Waals surface area (Å²) in [7, 11) is 0.118. The van der Waals surface area contributed by atoms with Crippen molar-refractivity contribution in [2.75, 3.05) is 0 Å². The van der Waals surface area contributed by atoms with E-state index in [9.17, 15) is 4.79 Å². The van der Waals surface area contributed by atoms with Crippen LogP contribution in [0.3, 0.4) is 0 Å². The van der Waals surface area contributed by atoms with E-state index in [0.29, 0.717) is 6.61 Å². The van der Waals surface area contributed by atoms with E-state index in [-0.39, 0.29) is 33.0 Å². The Bertz CT molecular complexity index is 951. The number of hydrogen-bond acceptors (Lipinski definition) is 2. The van der Waals surface area contributed by atoms with Crippen molar-refractivity contribution in [2.24, 2.45) is 0 Å². The molecule has 28 heavy (non-hydrogen) atoms. The molecule has 3 aromatic carbocycles. The molecule has 3 rings (SSSR count). The molecule has 0 heterocycles. The first-order valence-corrected chi connectivity index (χ1v) is 10.1. The molecule has 2 nitrogen and oxygen atoms in total. The molecule has 0 fully saturated rings. The molecule has 140 valence electrons. The van der Waals surface area contributed by atoms with Crippen molar-refractivity contribution in [3.63, 3.8) is 0 Å². The molecule has 0 saturated heterocycles. The molecule has 0 bridgehead atoms. The zero-order chi connectivity index (χ0) is 19.4. The molecule has 0 radical (unpaired) electrons. The molecule has 0 saturated carbocycles. The predicted octanol–water partition coefficient (Wildman–Crippen LogP) is 4.99. The molecule has 4 heteroatoms. The molecule has 0 aromatic heterocycles. The van der Waals surface area contributed by atoms with Gasteiger partial charge < -0.3 is 4.74 Å². The van der Waals surface area contributed by atoms with E-state index < -0.39 is 0 Å². The van der Waals surface area contributed by atoms with E-state index in [1.54, 1.807) is 0 Å². The third-order valence-corrected chi connectivity index (χ3v) is 6.04. The number of rotatable bonds is 6. The Labute approximate surface area is 181 Å². The Kier molecular flexibility index (Phi) is 8.08. The van der Waals surface area contributed by atoms with Crippen LogP contribution in [0.25, 0.3) is 0 Å². The summed E-state index contributed by atoms with van der Waals surface area (Å²) in [5.74, 6) is 0.818. The molecule has 1 unspecified atom stereocenters. The van der Waals surface area contributed by atoms with E-state index >= 15 is 0 Å². The third kappa shape index (κ3) is 5.36. The van der Waals surface area contributed by atoms with Crippen molar-refractivity contribution in [1.82, 2.24) is 0 Å². The quantitative estimate of drug-likeness (QED) is 0.442. The molecule has 0 aliphatic carbocycles. The molecule has 1 atom stereocenters. The number of benzene rings is 3. The fraction of sp³-hybridized carbons (Fsp3) is 0.208. The van der Waals surface area contributed by atoms with Gasteiger partial charge in [0.15, 0.2) is 5.52 Å².